The molecular weight excluding hydrogens is 211 g/mol. The number of hydrogen-bond acceptors (Lipinski definition) is 2. The van der Waals surface area contributed by atoms with Crippen LogP contribution in [0.5, 0.6) is 0 Å². The van der Waals surface area contributed by atoms with Gasteiger partial charge in [0.25, 0.3) is 0 Å². The lowest BCUT2D eigenvalue weighted by Crippen LogP contribution is -1.91. The minimum Gasteiger partial charge on any atom is -0.324 e. The van der Waals surface area contributed by atoms with Gasteiger partial charge in [-0.25, -0.2) is 0 Å². The highest BCUT2D eigenvalue weighted by Crippen LogP contribution is 2.45. The van der Waals surface area contributed by atoms with Gasteiger partial charge < -0.3 is 4.89 Å². The van der Waals surface area contributed by atoms with Crippen molar-refractivity contribution in [2.45, 2.75) is 6.16 Å². The fourth-order valence-electron chi connectivity index (χ4n) is 0.936. The molecule has 1 aromatic carbocycles. The molecule has 5 heteroatoms. The Hall–Kier alpha value is -0.340. The lowest BCUT2D eigenvalue weighted by Gasteiger charge is -2.09. The van der Waals surface area contributed by atoms with Crippen molar-refractivity contribution in [2.24, 2.45) is 0 Å². The van der Waals surface area contributed by atoms with Crippen LogP contribution in [-0.4, -0.2) is 11.0 Å². The molecule has 0 radical (unpaired) electrons. The van der Waals surface area contributed by atoms with Gasteiger partial charge in [-0.05, 0) is 5.56 Å². The molecular formula is C8H10ClO3P. The molecule has 0 saturated carbocycles. The van der Waals surface area contributed by atoms with E-state index in [1.54, 1.807) is 24.3 Å². The van der Waals surface area contributed by atoms with Gasteiger partial charge in [-0.15, -0.1) is 0 Å². The van der Waals surface area contributed by atoms with Crippen molar-refractivity contribution < 1.29 is 14.0 Å². The first-order chi connectivity index (χ1) is 6.14. The molecule has 0 aliphatic rings. The van der Waals surface area contributed by atoms with Crippen molar-refractivity contribution in [3.63, 3.8) is 0 Å². The Morgan fingerprint density at radius 1 is 1.38 bits per heavy atom. The van der Waals surface area contributed by atoms with Gasteiger partial charge in [0.05, 0.1) is 6.16 Å². The smallest absolute Gasteiger partial charge is 0.324 e. The first-order valence-electron chi connectivity index (χ1n) is 3.70. The molecule has 0 bridgehead atoms. The predicted molar refractivity (Wildman–Crippen MR) is 51.8 cm³/mol. The molecule has 13 heavy (non-hydrogen) atoms. The molecule has 0 spiro atoms. The summed E-state index contributed by atoms with van der Waals surface area (Å²) in [5.74, 6) is 0. The molecule has 1 aromatic rings. The standard InChI is InChI=1S/C8H10ClO3P/c9-7-12-13(10,11)6-8-4-2-1-3-5-8/h1-5H,6-7H2,(H,10,11). The quantitative estimate of drug-likeness (QED) is 0.627. The Labute approximate surface area is 81.8 Å². The fourth-order valence-corrected chi connectivity index (χ4v) is 2.31. The second kappa shape index (κ2) is 4.77. The molecule has 0 aromatic heterocycles. The van der Waals surface area contributed by atoms with Crippen LogP contribution in [-0.2, 0) is 15.3 Å². The van der Waals surface area contributed by atoms with Crippen molar-refractivity contribution in [3.05, 3.63) is 35.9 Å². The Kier molecular flexibility index (Phi) is 3.94. The molecule has 1 atom stereocenters. The van der Waals surface area contributed by atoms with E-state index in [9.17, 15) is 9.46 Å². The molecule has 0 heterocycles. The van der Waals surface area contributed by atoms with E-state index >= 15 is 0 Å². The zero-order valence-electron chi connectivity index (χ0n) is 6.89. The second-order valence-electron chi connectivity index (χ2n) is 2.52. The minimum absolute atomic E-state index is 0.000556. The van der Waals surface area contributed by atoms with Crippen LogP contribution >= 0.6 is 19.2 Å². The van der Waals surface area contributed by atoms with Crippen LogP contribution in [0.25, 0.3) is 0 Å². The molecule has 0 aliphatic heterocycles. The highest BCUT2D eigenvalue weighted by molar-refractivity contribution is 7.52. The summed E-state index contributed by atoms with van der Waals surface area (Å²) in [6.45, 7) is 0. The summed E-state index contributed by atoms with van der Waals surface area (Å²) in [6.07, 6.45) is 0.000556. The summed E-state index contributed by atoms with van der Waals surface area (Å²) in [4.78, 5) is 9.22. The molecule has 72 valence electrons. The average Bonchev–Trinajstić information content (AvgIpc) is 2.04. The predicted octanol–water partition coefficient (Wildman–Crippen LogP) is 2.58. The lowest BCUT2D eigenvalue weighted by molar-refractivity contribution is 0.300. The highest BCUT2D eigenvalue weighted by Gasteiger charge is 2.18. The van der Waals surface area contributed by atoms with E-state index < -0.39 is 7.60 Å². The number of benzene rings is 1. The molecule has 0 amide bonds. The minimum atomic E-state index is -3.55. The van der Waals surface area contributed by atoms with E-state index in [0.717, 1.165) is 5.56 Å². The van der Waals surface area contributed by atoms with Crippen molar-refractivity contribution in [3.8, 4) is 0 Å². The van der Waals surface area contributed by atoms with Crippen molar-refractivity contribution in [1.82, 2.24) is 0 Å². The van der Waals surface area contributed by atoms with Gasteiger partial charge in [-0.2, -0.15) is 0 Å². The lowest BCUT2D eigenvalue weighted by atomic mass is 10.2. The molecule has 0 fully saturated rings. The summed E-state index contributed by atoms with van der Waals surface area (Å²) >= 11 is 5.20. The fraction of sp³-hybridized carbons (Fsp3) is 0.250. The maximum Gasteiger partial charge on any atom is 0.333 e. The summed E-state index contributed by atoms with van der Waals surface area (Å²) in [7, 11) is -3.55. The average molecular weight is 221 g/mol. The summed E-state index contributed by atoms with van der Waals surface area (Å²) in [6, 6.07) is 8.71. The van der Waals surface area contributed by atoms with Gasteiger partial charge in [-0.3, -0.25) is 9.09 Å². The molecule has 0 saturated heterocycles. The van der Waals surface area contributed by atoms with Crippen LogP contribution in [0.3, 0.4) is 0 Å². The van der Waals surface area contributed by atoms with E-state index in [2.05, 4.69) is 4.52 Å². The van der Waals surface area contributed by atoms with Gasteiger partial charge in [0.1, 0.15) is 6.07 Å². The van der Waals surface area contributed by atoms with Crippen LogP contribution < -0.4 is 0 Å². The number of hydrogen-bond donors (Lipinski definition) is 1. The second-order valence-corrected chi connectivity index (χ2v) is 4.59. The van der Waals surface area contributed by atoms with Gasteiger partial charge in [0, 0.05) is 0 Å². The summed E-state index contributed by atoms with van der Waals surface area (Å²) in [5, 5.41) is 0. The third-order valence-corrected chi connectivity index (χ3v) is 3.03. The van der Waals surface area contributed by atoms with Crippen molar-refractivity contribution >= 4 is 19.2 Å². The van der Waals surface area contributed by atoms with Crippen LogP contribution in [0.15, 0.2) is 30.3 Å². The molecule has 0 aliphatic carbocycles. The van der Waals surface area contributed by atoms with E-state index in [1.807, 2.05) is 6.07 Å². The SMILES string of the molecule is O=P(O)(Cc1ccccc1)OCCl. The zero-order valence-corrected chi connectivity index (χ0v) is 8.54. The summed E-state index contributed by atoms with van der Waals surface area (Å²) < 4.78 is 15.7. The maximum atomic E-state index is 11.2. The third kappa shape index (κ3) is 3.92. The van der Waals surface area contributed by atoms with E-state index in [4.69, 9.17) is 11.6 Å². The molecule has 1 N–H and O–H groups in total. The maximum absolute atomic E-state index is 11.2. The first kappa shape index (κ1) is 10.7. The van der Waals surface area contributed by atoms with Crippen LogP contribution in [0.2, 0.25) is 0 Å². The van der Waals surface area contributed by atoms with E-state index in [0.29, 0.717) is 0 Å². The van der Waals surface area contributed by atoms with Gasteiger partial charge in [-0.1, -0.05) is 41.9 Å². The topological polar surface area (TPSA) is 46.5 Å². The van der Waals surface area contributed by atoms with Gasteiger partial charge in [0.2, 0.25) is 0 Å². The monoisotopic (exact) mass is 220 g/mol. The largest absolute Gasteiger partial charge is 0.333 e. The zero-order chi connectivity index (χ0) is 9.73. The summed E-state index contributed by atoms with van der Waals surface area (Å²) in [5.41, 5.74) is 0.762. The van der Waals surface area contributed by atoms with Gasteiger partial charge >= 0.3 is 7.60 Å². The Morgan fingerprint density at radius 3 is 2.54 bits per heavy atom. The number of alkyl halides is 1. The Morgan fingerprint density at radius 2 is 2.00 bits per heavy atom. The Balaban J connectivity index is 2.64. The Bertz CT molecular complexity index is 302. The highest BCUT2D eigenvalue weighted by atomic mass is 35.5. The third-order valence-electron chi connectivity index (χ3n) is 1.48. The molecule has 1 unspecified atom stereocenters. The number of rotatable bonds is 4. The van der Waals surface area contributed by atoms with Crippen molar-refractivity contribution in [2.75, 3.05) is 6.07 Å². The van der Waals surface area contributed by atoms with Crippen LogP contribution in [0.4, 0.5) is 0 Å². The van der Waals surface area contributed by atoms with Crippen LogP contribution in [0, 0.1) is 0 Å². The molecule has 1 rings (SSSR count). The number of halogens is 1. The first-order valence-corrected chi connectivity index (χ1v) is 6.00. The van der Waals surface area contributed by atoms with Crippen LogP contribution in [0.1, 0.15) is 5.56 Å². The van der Waals surface area contributed by atoms with E-state index in [1.165, 1.54) is 0 Å². The normalized spacial score (nSPS) is 15.2. The van der Waals surface area contributed by atoms with Crippen molar-refractivity contribution in [1.29, 1.82) is 0 Å². The van der Waals surface area contributed by atoms with E-state index in [-0.39, 0.29) is 12.2 Å². The van der Waals surface area contributed by atoms with Gasteiger partial charge in [0.15, 0.2) is 0 Å². The molecule has 3 nitrogen and oxygen atoms in total.